The van der Waals surface area contributed by atoms with Crippen LogP contribution >= 0.6 is 23.2 Å². The molecule has 1 N–H and O–H groups in total. The van der Waals surface area contributed by atoms with Crippen molar-refractivity contribution in [3.8, 4) is 5.75 Å². The van der Waals surface area contributed by atoms with Gasteiger partial charge >= 0.3 is 0 Å². The minimum absolute atomic E-state index is 0.000437. The van der Waals surface area contributed by atoms with E-state index in [2.05, 4.69) is 9.71 Å². The molecule has 1 heterocycles. The molecule has 8 heteroatoms. The van der Waals surface area contributed by atoms with Crippen molar-refractivity contribution in [3.05, 3.63) is 46.7 Å². The Hall–Kier alpha value is -1.50. The molecule has 106 valence electrons. The maximum atomic E-state index is 12.2. The van der Waals surface area contributed by atoms with Gasteiger partial charge in [-0.1, -0.05) is 23.2 Å². The molecule has 1 aromatic heterocycles. The lowest BCUT2D eigenvalue weighted by atomic mass is 10.3. The minimum atomic E-state index is -3.80. The summed E-state index contributed by atoms with van der Waals surface area (Å²) in [5.74, 6) is 0.359. The lowest BCUT2D eigenvalue weighted by Crippen LogP contribution is -2.13. The molecule has 20 heavy (non-hydrogen) atoms. The minimum Gasteiger partial charge on any atom is -0.495 e. The van der Waals surface area contributed by atoms with E-state index in [1.807, 2.05) is 0 Å². The van der Waals surface area contributed by atoms with Crippen molar-refractivity contribution in [3.63, 3.8) is 0 Å². The van der Waals surface area contributed by atoms with Crippen molar-refractivity contribution < 1.29 is 13.2 Å². The molecule has 2 rings (SSSR count). The number of halogens is 2. The van der Waals surface area contributed by atoms with E-state index in [1.165, 1.54) is 31.5 Å². The molecular weight excluding hydrogens is 323 g/mol. The van der Waals surface area contributed by atoms with E-state index in [0.29, 0.717) is 10.8 Å². The third-order valence-electron chi connectivity index (χ3n) is 2.41. The summed E-state index contributed by atoms with van der Waals surface area (Å²) < 4.78 is 32.0. The summed E-state index contributed by atoms with van der Waals surface area (Å²) in [6, 6.07) is 7.22. The summed E-state index contributed by atoms with van der Waals surface area (Å²) in [6.45, 7) is 0. The first-order valence-corrected chi connectivity index (χ1v) is 7.64. The summed E-state index contributed by atoms with van der Waals surface area (Å²) in [6.07, 6.45) is 1.31. The van der Waals surface area contributed by atoms with E-state index in [0.717, 1.165) is 0 Å². The lowest BCUT2D eigenvalue weighted by molar-refractivity contribution is 0.417. The number of nitrogens with one attached hydrogen (secondary N) is 1. The van der Waals surface area contributed by atoms with E-state index in [9.17, 15) is 8.42 Å². The van der Waals surface area contributed by atoms with E-state index in [-0.39, 0.29) is 15.7 Å². The van der Waals surface area contributed by atoms with Crippen molar-refractivity contribution >= 4 is 38.9 Å². The maximum Gasteiger partial charge on any atom is 0.262 e. The standard InChI is InChI=1S/C12H10Cl2N2O3S/c1-19-11-3-2-8(13)6-10(11)16-20(17,18)9-4-5-15-12(14)7-9/h2-7,16H,1H3. The molecule has 0 saturated carbocycles. The van der Waals surface area contributed by atoms with Crippen LogP contribution in [-0.2, 0) is 10.0 Å². The number of methoxy groups -OCH3 is 1. The molecule has 0 spiro atoms. The van der Waals surface area contributed by atoms with Gasteiger partial charge in [0.2, 0.25) is 0 Å². The summed E-state index contributed by atoms with van der Waals surface area (Å²) in [5, 5.41) is 0.474. The smallest absolute Gasteiger partial charge is 0.262 e. The quantitative estimate of drug-likeness (QED) is 0.873. The first-order chi connectivity index (χ1) is 9.42. The molecule has 0 amide bonds. The van der Waals surface area contributed by atoms with Crippen LogP contribution in [0.4, 0.5) is 5.69 Å². The number of rotatable bonds is 4. The first kappa shape index (κ1) is 14.9. The molecule has 5 nitrogen and oxygen atoms in total. The zero-order valence-corrected chi connectivity index (χ0v) is 12.6. The van der Waals surface area contributed by atoms with Crippen molar-refractivity contribution in [2.45, 2.75) is 4.90 Å². The average molecular weight is 333 g/mol. The Morgan fingerprint density at radius 1 is 1.20 bits per heavy atom. The van der Waals surface area contributed by atoms with Crippen LogP contribution in [0.5, 0.6) is 5.75 Å². The fraction of sp³-hybridized carbons (Fsp3) is 0.0833. The van der Waals surface area contributed by atoms with Crippen molar-refractivity contribution in [2.75, 3.05) is 11.8 Å². The number of hydrogen-bond donors (Lipinski definition) is 1. The second-order valence-corrected chi connectivity index (χ2v) is 6.27. The van der Waals surface area contributed by atoms with Crippen LogP contribution in [0.1, 0.15) is 0 Å². The van der Waals surface area contributed by atoms with Gasteiger partial charge in [-0.25, -0.2) is 13.4 Å². The van der Waals surface area contributed by atoms with Crippen molar-refractivity contribution in [2.24, 2.45) is 0 Å². The van der Waals surface area contributed by atoms with Gasteiger partial charge in [0.15, 0.2) is 0 Å². The van der Waals surface area contributed by atoms with Gasteiger partial charge in [0, 0.05) is 11.2 Å². The highest BCUT2D eigenvalue weighted by molar-refractivity contribution is 7.92. The third-order valence-corrected chi connectivity index (χ3v) is 4.22. The zero-order chi connectivity index (χ0) is 14.8. The average Bonchev–Trinajstić information content (AvgIpc) is 2.38. The highest BCUT2D eigenvalue weighted by Gasteiger charge is 2.17. The van der Waals surface area contributed by atoms with Gasteiger partial charge in [0.1, 0.15) is 10.9 Å². The molecule has 1 aromatic carbocycles. The van der Waals surface area contributed by atoms with Gasteiger partial charge < -0.3 is 4.74 Å². The molecular formula is C12H10Cl2N2O3S. The molecule has 0 saturated heterocycles. The molecule has 0 unspecified atom stereocenters. The number of hydrogen-bond acceptors (Lipinski definition) is 4. The zero-order valence-electron chi connectivity index (χ0n) is 10.3. The van der Waals surface area contributed by atoms with Gasteiger partial charge in [-0.05, 0) is 30.3 Å². The number of nitrogens with zero attached hydrogens (tertiary/aromatic N) is 1. The van der Waals surface area contributed by atoms with Crippen LogP contribution in [-0.4, -0.2) is 20.5 Å². The number of benzene rings is 1. The Labute approximate surface area is 126 Å². The number of aromatic nitrogens is 1. The highest BCUT2D eigenvalue weighted by Crippen LogP contribution is 2.29. The maximum absolute atomic E-state index is 12.2. The second-order valence-electron chi connectivity index (χ2n) is 3.76. The van der Waals surface area contributed by atoms with Crippen LogP contribution in [0.2, 0.25) is 10.2 Å². The van der Waals surface area contributed by atoms with Crippen LogP contribution in [0.25, 0.3) is 0 Å². The summed E-state index contributed by atoms with van der Waals surface area (Å²) in [4.78, 5) is 3.74. The molecule has 0 radical (unpaired) electrons. The normalized spacial score (nSPS) is 11.2. The van der Waals surface area contributed by atoms with E-state index in [4.69, 9.17) is 27.9 Å². The van der Waals surface area contributed by atoms with Gasteiger partial charge in [0.05, 0.1) is 17.7 Å². The Balaban J connectivity index is 2.40. The summed E-state index contributed by atoms with van der Waals surface area (Å²) in [5.41, 5.74) is 0.243. The number of anilines is 1. The molecule has 0 fully saturated rings. The summed E-state index contributed by atoms with van der Waals surface area (Å²) >= 11 is 11.5. The first-order valence-electron chi connectivity index (χ1n) is 5.40. The van der Waals surface area contributed by atoms with Gasteiger partial charge in [-0.2, -0.15) is 0 Å². The molecule has 0 aliphatic heterocycles. The lowest BCUT2D eigenvalue weighted by Gasteiger charge is -2.12. The third kappa shape index (κ3) is 3.33. The predicted molar refractivity (Wildman–Crippen MR) is 78.1 cm³/mol. The van der Waals surface area contributed by atoms with Crippen LogP contribution < -0.4 is 9.46 Å². The van der Waals surface area contributed by atoms with Crippen LogP contribution in [0.15, 0.2) is 41.4 Å². The highest BCUT2D eigenvalue weighted by atomic mass is 35.5. The fourth-order valence-electron chi connectivity index (χ4n) is 1.52. The van der Waals surface area contributed by atoms with Gasteiger partial charge in [-0.15, -0.1) is 0 Å². The van der Waals surface area contributed by atoms with E-state index < -0.39 is 10.0 Å². The predicted octanol–water partition coefficient (Wildman–Crippen LogP) is 3.20. The number of ether oxygens (including phenoxy) is 1. The Morgan fingerprint density at radius 2 is 1.95 bits per heavy atom. The van der Waals surface area contributed by atoms with E-state index in [1.54, 1.807) is 12.1 Å². The van der Waals surface area contributed by atoms with Crippen LogP contribution in [0, 0.1) is 0 Å². The molecule has 0 aliphatic rings. The molecule has 0 atom stereocenters. The Kier molecular flexibility index (Phi) is 4.37. The summed E-state index contributed by atoms with van der Waals surface area (Å²) in [7, 11) is -2.36. The van der Waals surface area contributed by atoms with E-state index >= 15 is 0 Å². The number of sulfonamides is 1. The fourth-order valence-corrected chi connectivity index (χ4v) is 3.00. The van der Waals surface area contributed by atoms with Gasteiger partial charge in [0.25, 0.3) is 10.0 Å². The number of pyridine rings is 1. The second kappa shape index (κ2) is 5.87. The van der Waals surface area contributed by atoms with Gasteiger partial charge in [-0.3, -0.25) is 4.72 Å². The topological polar surface area (TPSA) is 68.3 Å². The monoisotopic (exact) mass is 332 g/mol. The van der Waals surface area contributed by atoms with Crippen LogP contribution in [0.3, 0.4) is 0 Å². The molecule has 0 bridgehead atoms. The molecule has 2 aromatic rings. The van der Waals surface area contributed by atoms with Crippen molar-refractivity contribution in [1.82, 2.24) is 4.98 Å². The Morgan fingerprint density at radius 3 is 2.60 bits per heavy atom. The largest absolute Gasteiger partial charge is 0.495 e. The SMILES string of the molecule is COc1ccc(Cl)cc1NS(=O)(=O)c1ccnc(Cl)c1. The van der Waals surface area contributed by atoms with Crippen molar-refractivity contribution in [1.29, 1.82) is 0 Å². The molecule has 0 aliphatic carbocycles. The Bertz CT molecular complexity index is 735.